The highest BCUT2D eigenvalue weighted by molar-refractivity contribution is 6.03. The molecule has 10 heteroatoms. The van der Waals surface area contributed by atoms with Crippen LogP contribution in [0.15, 0.2) is 30.9 Å². The van der Waals surface area contributed by atoms with Gasteiger partial charge in [-0.05, 0) is 13.0 Å². The molecule has 10 nitrogen and oxygen atoms in total. The summed E-state index contributed by atoms with van der Waals surface area (Å²) in [6.45, 7) is 2.08. The first-order chi connectivity index (χ1) is 11.9. The summed E-state index contributed by atoms with van der Waals surface area (Å²) in [5.74, 6) is -1.52. The van der Waals surface area contributed by atoms with Crippen LogP contribution in [0.25, 0.3) is 0 Å². The molecule has 0 spiro atoms. The lowest BCUT2D eigenvalue weighted by Gasteiger charge is -2.05. The smallest absolute Gasteiger partial charge is 0.325 e. The third-order valence-electron chi connectivity index (χ3n) is 3.57. The molecular formula is C15H17N7O3. The maximum absolute atomic E-state index is 12.3. The van der Waals surface area contributed by atoms with Crippen molar-refractivity contribution in [2.75, 3.05) is 5.32 Å². The monoisotopic (exact) mass is 343 g/mol. The standard InChI is InChI=1S/C15H17N7O3/c1-10-11(6-20(2)19-10)7-21-8-12(5-17-21)18-15(25)13-3-4-16-22(13)9-14(23)24/h3-6,8H,7,9H2,1-2H3,(H,18,25)(H,23,24). The maximum Gasteiger partial charge on any atom is 0.325 e. The van der Waals surface area contributed by atoms with Crippen molar-refractivity contribution < 1.29 is 14.7 Å². The quantitative estimate of drug-likeness (QED) is 0.673. The Morgan fingerprint density at radius 2 is 2.08 bits per heavy atom. The van der Waals surface area contributed by atoms with E-state index in [0.717, 1.165) is 15.9 Å². The highest BCUT2D eigenvalue weighted by Gasteiger charge is 2.15. The number of aryl methyl sites for hydroxylation is 2. The van der Waals surface area contributed by atoms with Gasteiger partial charge in [-0.2, -0.15) is 15.3 Å². The van der Waals surface area contributed by atoms with Gasteiger partial charge < -0.3 is 10.4 Å². The lowest BCUT2D eigenvalue weighted by molar-refractivity contribution is -0.137. The number of amides is 1. The first kappa shape index (κ1) is 16.4. The molecule has 0 saturated heterocycles. The highest BCUT2D eigenvalue weighted by Crippen LogP contribution is 2.12. The number of carbonyl (C=O) groups excluding carboxylic acids is 1. The summed E-state index contributed by atoms with van der Waals surface area (Å²) >= 11 is 0. The average Bonchev–Trinajstić information content (AvgIpc) is 3.21. The molecule has 0 atom stereocenters. The van der Waals surface area contributed by atoms with Gasteiger partial charge in [0.05, 0.1) is 24.1 Å². The molecule has 2 N–H and O–H groups in total. The molecule has 3 heterocycles. The first-order valence-electron chi connectivity index (χ1n) is 7.49. The van der Waals surface area contributed by atoms with Gasteiger partial charge in [0.25, 0.3) is 5.91 Å². The van der Waals surface area contributed by atoms with Gasteiger partial charge in [0.15, 0.2) is 0 Å². The minimum atomic E-state index is -1.07. The Kier molecular flexibility index (Phi) is 4.33. The van der Waals surface area contributed by atoms with Crippen molar-refractivity contribution in [1.29, 1.82) is 0 Å². The van der Waals surface area contributed by atoms with Crippen molar-refractivity contribution in [3.05, 3.63) is 47.8 Å². The Labute approximate surface area is 142 Å². The number of aliphatic carboxylic acids is 1. The fourth-order valence-electron chi connectivity index (χ4n) is 2.47. The summed E-state index contributed by atoms with van der Waals surface area (Å²) in [4.78, 5) is 23.1. The molecule has 1 amide bonds. The zero-order valence-electron chi connectivity index (χ0n) is 13.7. The summed E-state index contributed by atoms with van der Waals surface area (Å²) < 4.78 is 4.55. The lowest BCUT2D eigenvalue weighted by Crippen LogP contribution is -2.20. The molecule has 0 aromatic carbocycles. The second kappa shape index (κ2) is 6.59. The van der Waals surface area contributed by atoms with E-state index < -0.39 is 11.9 Å². The van der Waals surface area contributed by atoms with E-state index in [9.17, 15) is 9.59 Å². The SMILES string of the molecule is Cc1nn(C)cc1Cn1cc(NC(=O)c2ccnn2CC(=O)O)cn1. The molecule has 0 aliphatic heterocycles. The van der Waals surface area contributed by atoms with E-state index in [1.807, 2.05) is 20.2 Å². The van der Waals surface area contributed by atoms with Gasteiger partial charge in [-0.25, -0.2) is 4.68 Å². The van der Waals surface area contributed by atoms with Crippen molar-refractivity contribution in [3.8, 4) is 0 Å². The lowest BCUT2D eigenvalue weighted by atomic mass is 10.3. The van der Waals surface area contributed by atoms with Gasteiger partial charge >= 0.3 is 5.97 Å². The van der Waals surface area contributed by atoms with Crippen LogP contribution in [0.1, 0.15) is 21.7 Å². The Hall–Kier alpha value is -3.43. The zero-order chi connectivity index (χ0) is 18.0. The van der Waals surface area contributed by atoms with Crippen LogP contribution >= 0.6 is 0 Å². The second-order valence-electron chi connectivity index (χ2n) is 5.56. The molecule has 130 valence electrons. The summed E-state index contributed by atoms with van der Waals surface area (Å²) in [5, 5.41) is 23.9. The topological polar surface area (TPSA) is 120 Å². The van der Waals surface area contributed by atoms with Crippen LogP contribution in [0.2, 0.25) is 0 Å². The number of carboxylic acid groups (broad SMARTS) is 1. The van der Waals surface area contributed by atoms with Crippen molar-refractivity contribution in [2.45, 2.75) is 20.0 Å². The Bertz CT molecular complexity index is 921. The van der Waals surface area contributed by atoms with Crippen molar-refractivity contribution in [3.63, 3.8) is 0 Å². The normalized spacial score (nSPS) is 10.8. The van der Waals surface area contributed by atoms with Gasteiger partial charge in [-0.1, -0.05) is 0 Å². The van der Waals surface area contributed by atoms with E-state index in [1.165, 1.54) is 18.5 Å². The molecule has 3 aromatic heterocycles. The van der Waals surface area contributed by atoms with Crippen LogP contribution in [-0.2, 0) is 24.9 Å². The van der Waals surface area contributed by atoms with E-state index in [2.05, 4.69) is 20.6 Å². The minimum Gasteiger partial charge on any atom is -0.480 e. The number of hydrogen-bond donors (Lipinski definition) is 2. The molecule has 0 aliphatic rings. The number of carbonyl (C=O) groups is 2. The molecule has 0 unspecified atom stereocenters. The van der Waals surface area contributed by atoms with Crippen LogP contribution in [-0.4, -0.2) is 46.3 Å². The van der Waals surface area contributed by atoms with E-state index in [4.69, 9.17) is 5.11 Å². The third-order valence-corrected chi connectivity index (χ3v) is 3.57. The molecule has 0 saturated carbocycles. The number of aromatic nitrogens is 6. The first-order valence-corrected chi connectivity index (χ1v) is 7.49. The predicted octanol–water partition coefficient (Wildman–Crippen LogP) is 0.507. The molecule has 3 rings (SSSR count). The van der Waals surface area contributed by atoms with Gasteiger partial charge in [-0.3, -0.25) is 19.0 Å². The van der Waals surface area contributed by atoms with Crippen molar-refractivity contribution in [1.82, 2.24) is 29.3 Å². The molecule has 0 fully saturated rings. The number of nitrogens with one attached hydrogen (secondary N) is 1. The number of anilines is 1. The fourth-order valence-corrected chi connectivity index (χ4v) is 2.47. The van der Waals surface area contributed by atoms with Gasteiger partial charge in [0, 0.05) is 31.2 Å². The minimum absolute atomic E-state index is 0.165. The number of carboxylic acids is 1. The maximum atomic E-state index is 12.3. The zero-order valence-corrected chi connectivity index (χ0v) is 13.7. The van der Waals surface area contributed by atoms with E-state index in [1.54, 1.807) is 15.6 Å². The van der Waals surface area contributed by atoms with Crippen LogP contribution in [0.3, 0.4) is 0 Å². The molecular weight excluding hydrogens is 326 g/mol. The number of hydrogen-bond acceptors (Lipinski definition) is 5. The van der Waals surface area contributed by atoms with Crippen LogP contribution < -0.4 is 5.32 Å². The van der Waals surface area contributed by atoms with Crippen LogP contribution in [0, 0.1) is 6.92 Å². The Morgan fingerprint density at radius 1 is 1.28 bits per heavy atom. The van der Waals surface area contributed by atoms with Crippen LogP contribution in [0.5, 0.6) is 0 Å². The van der Waals surface area contributed by atoms with Gasteiger partial charge in [0.1, 0.15) is 12.2 Å². The molecule has 25 heavy (non-hydrogen) atoms. The van der Waals surface area contributed by atoms with Gasteiger partial charge in [0.2, 0.25) is 0 Å². The summed E-state index contributed by atoms with van der Waals surface area (Å²) in [5.41, 5.74) is 2.62. The predicted molar refractivity (Wildman–Crippen MR) is 87.1 cm³/mol. The highest BCUT2D eigenvalue weighted by atomic mass is 16.4. The second-order valence-corrected chi connectivity index (χ2v) is 5.56. The largest absolute Gasteiger partial charge is 0.480 e. The average molecular weight is 343 g/mol. The fraction of sp³-hybridized carbons (Fsp3) is 0.267. The number of rotatable bonds is 6. The number of nitrogens with zero attached hydrogens (tertiary/aromatic N) is 6. The van der Waals surface area contributed by atoms with Crippen molar-refractivity contribution >= 4 is 17.6 Å². The molecule has 0 aliphatic carbocycles. The van der Waals surface area contributed by atoms with E-state index >= 15 is 0 Å². The molecule has 0 bridgehead atoms. The van der Waals surface area contributed by atoms with E-state index in [0.29, 0.717) is 12.2 Å². The summed E-state index contributed by atoms with van der Waals surface area (Å²) in [6, 6.07) is 1.46. The Balaban J connectivity index is 1.69. The van der Waals surface area contributed by atoms with Gasteiger partial charge in [-0.15, -0.1) is 0 Å². The third kappa shape index (κ3) is 3.74. The van der Waals surface area contributed by atoms with E-state index in [-0.39, 0.29) is 12.2 Å². The molecule has 3 aromatic rings. The van der Waals surface area contributed by atoms with Crippen molar-refractivity contribution in [2.24, 2.45) is 7.05 Å². The Morgan fingerprint density at radius 3 is 2.76 bits per heavy atom. The molecule has 0 radical (unpaired) electrons. The summed E-state index contributed by atoms with van der Waals surface area (Å²) in [6.07, 6.45) is 6.52. The summed E-state index contributed by atoms with van der Waals surface area (Å²) in [7, 11) is 1.85. The van der Waals surface area contributed by atoms with Crippen LogP contribution in [0.4, 0.5) is 5.69 Å².